The maximum Gasteiger partial charge on any atom is 0.225 e. The van der Waals surface area contributed by atoms with Crippen molar-refractivity contribution in [1.82, 2.24) is 18.7 Å². The van der Waals surface area contributed by atoms with Crippen LogP contribution in [0.15, 0.2) is 140 Å². The minimum Gasteiger partial charge on any atom is -0.509 e. The van der Waals surface area contributed by atoms with Crippen molar-refractivity contribution in [3.63, 3.8) is 0 Å². The van der Waals surface area contributed by atoms with Gasteiger partial charge < -0.3 is 9.30 Å². The Morgan fingerprint density at radius 2 is 1.25 bits per heavy atom. The molecular formula is C54H51N4OPt-. The molecule has 5 nitrogen and oxygen atoms in total. The second-order valence-electron chi connectivity index (χ2n) is 19.4. The normalized spacial score (nSPS) is 18.4. The average Bonchev–Trinajstić information content (AvgIpc) is 3.71. The molecule has 6 aromatic carbocycles. The number of ether oxygens (including phenoxy) is 1. The van der Waals surface area contributed by atoms with Crippen molar-refractivity contribution in [3.8, 4) is 28.4 Å². The van der Waals surface area contributed by atoms with Crippen molar-refractivity contribution in [1.29, 1.82) is 0 Å². The van der Waals surface area contributed by atoms with Gasteiger partial charge in [-0.1, -0.05) is 135 Å². The van der Waals surface area contributed by atoms with E-state index < -0.39 is 0 Å². The van der Waals surface area contributed by atoms with Gasteiger partial charge in [0.15, 0.2) is 12.4 Å². The first-order chi connectivity index (χ1) is 28.1. The molecule has 2 aromatic heterocycles. The van der Waals surface area contributed by atoms with Gasteiger partial charge in [0, 0.05) is 68.5 Å². The molecule has 1 unspecified atom stereocenters. The molecule has 60 heavy (non-hydrogen) atoms. The van der Waals surface area contributed by atoms with Crippen LogP contribution in [0.5, 0.6) is 11.5 Å². The number of aromatic nitrogens is 2. The fraction of sp³-hybridized carbons (Fsp3) is 0.222. The number of fused-ring (bicyclic) bond motifs is 7. The number of hydrogen-bond donors (Lipinski definition) is 0. The topological polar surface area (TPSA) is 27.1 Å². The van der Waals surface area contributed by atoms with Crippen LogP contribution in [0.4, 0.5) is 22.7 Å². The summed E-state index contributed by atoms with van der Waals surface area (Å²) in [6.07, 6.45) is 1.92. The van der Waals surface area contributed by atoms with E-state index in [4.69, 9.17) is 9.72 Å². The van der Waals surface area contributed by atoms with E-state index in [-0.39, 0.29) is 37.3 Å². The Bertz CT molecular complexity index is 2960. The van der Waals surface area contributed by atoms with E-state index in [0.29, 0.717) is 20.7 Å². The molecule has 10 rings (SSSR count). The predicted molar refractivity (Wildman–Crippen MR) is 244 cm³/mol. The van der Waals surface area contributed by atoms with Gasteiger partial charge in [0.25, 0.3) is 0 Å². The van der Waals surface area contributed by atoms with Crippen LogP contribution < -0.4 is 13.9 Å². The van der Waals surface area contributed by atoms with Crippen LogP contribution in [0.3, 0.4) is 0 Å². The van der Waals surface area contributed by atoms with Gasteiger partial charge in [-0.05, 0) is 67.6 Å². The fourth-order valence-electron chi connectivity index (χ4n) is 8.98. The molecule has 0 bridgehead atoms. The number of benzene rings is 6. The maximum atomic E-state index is 6.75. The standard InChI is InChI=1S/C54H51N4O.Pt/c1-52(2,3)38-17-13-18-41(30-38)58-35-57(58,49-26-22-39(31-50(49)58)53(4,5)6)42-19-14-20-43(33-42)59-44-23-24-45-46-29-37(36-15-11-10-12-16-36)21-25-47(46)56(48(45)34-44)51-32-40(27-28-55-51)54(7,8)9;/h10-32,35H,1-9H3;/q-1;/t57?,58-;/m0./s1. The average molecular weight is 967 g/mol. The molecule has 0 spiro atoms. The van der Waals surface area contributed by atoms with Crippen molar-refractivity contribution >= 4 is 44.6 Å². The van der Waals surface area contributed by atoms with Gasteiger partial charge in [-0.15, -0.1) is 29.7 Å². The molecule has 2 atom stereocenters. The molecule has 1 saturated heterocycles. The molecule has 8 aromatic rings. The summed E-state index contributed by atoms with van der Waals surface area (Å²) in [7, 11) is 0. The van der Waals surface area contributed by atoms with Gasteiger partial charge in [0.05, 0.1) is 5.69 Å². The predicted octanol–water partition coefficient (Wildman–Crippen LogP) is 14.5. The van der Waals surface area contributed by atoms with E-state index in [1.807, 2.05) is 18.3 Å². The molecule has 0 N–H and O–H groups in total. The summed E-state index contributed by atoms with van der Waals surface area (Å²) < 4.78 is 10.1. The third kappa shape index (κ3) is 6.20. The minimum atomic E-state index is -0.0334. The van der Waals surface area contributed by atoms with E-state index in [1.54, 1.807) is 0 Å². The zero-order valence-electron chi connectivity index (χ0n) is 35.9. The summed E-state index contributed by atoms with van der Waals surface area (Å²) in [6, 6.07) is 55.6. The third-order valence-corrected chi connectivity index (χ3v) is 12.4. The van der Waals surface area contributed by atoms with Crippen molar-refractivity contribution in [2.75, 3.05) is 0 Å². The molecule has 0 aliphatic carbocycles. The van der Waals surface area contributed by atoms with Crippen LogP contribution >= 0.6 is 0 Å². The Balaban J connectivity index is 0.00000462. The summed E-state index contributed by atoms with van der Waals surface area (Å²) in [5.74, 6) is 2.13. The second-order valence-corrected chi connectivity index (χ2v) is 19.4. The quantitative estimate of drug-likeness (QED) is 0.0943. The van der Waals surface area contributed by atoms with E-state index in [0.717, 1.165) is 33.3 Å². The molecular weight excluding hydrogens is 916 g/mol. The van der Waals surface area contributed by atoms with E-state index in [1.165, 1.54) is 44.9 Å². The van der Waals surface area contributed by atoms with Crippen LogP contribution in [0.25, 0.3) is 38.8 Å². The Morgan fingerprint density at radius 1 is 0.550 bits per heavy atom. The smallest absolute Gasteiger partial charge is 0.225 e. The maximum absolute atomic E-state index is 6.75. The molecule has 4 heterocycles. The van der Waals surface area contributed by atoms with Crippen LogP contribution in [-0.4, -0.2) is 9.55 Å². The number of pyridine rings is 1. The molecule has 0 radical (unpaired) electrons. The molecule has 1 fully saturated rings. The number of hydrogen-bond acceptors (Lipinski definition) is 2. The monoisotopic (exact) mass is 966 g/mol. The molecule has 0 amide bonds. The third-order valence-electron chi connectivity index (χ3n) is 12.4. The van der Waals surface area contributed by atoms with Crippen molar-refractivity contribution < 1.29 is 25.8 Å². The molecule has 304 valence electrons. The molecule has 0 saturated carbocycles. The first kappa shape index (κ1) is 40.1. The van der Waals surface area contributed by atoms with Gasteiger partial charge in [-0.3, -0.25) is 0 Å². The fourth-order valence-corrected chi connectivity index (χ4v) is 8.98. The summed E-state index contributed by atoms with van der Waals surface area (Å²) in [5, 5.41) is 2.23. The van der Waals surface area contributed by atoms with Crippen molar-refractivity contribution in [3.05, 3.63) is 175 Å². The first-order valence-corrected chi connectivity index (χ1v) is 20.7. The summed E-state index contributed by atoms with van der Waals surface area (Å²) >= 11 is 0. The van der Waals surface area contributed by atoms with E-state index in [2.05, 4.69) is 207 Å². The Hall–Kier alpha value is -5.32. The van der Waals surface area contributed by atoms with E-state index >= 15 is 0 Å². The van der Waals surface area contributed by atoms with Crippen LogP contribution in [0, 0.1) is 18.8 Å². The van der Waals surface area contributed by atoms with Gasteiger partial charge in [-0.2, -0.15) is 16.7 Å². The Morgan fingerprint density at radius 3 is 2.00 bits per heavy atom. The largest absolute Gasteiger partial charge is 0.509 e. The second kappa shape index (κ2) is 13.9. The van der Waals surface area contributed by atoms with Gasteiger partial charge in [-0.25, -0.2) is 9.58 Å². The van der Waals surface area contributed by atoms with E-state index in [9.17, 15) is 0 Å². The summed E-state index contributed by atoms with van der Waals surface area (Å²) in [5.41, 5.74) is 13.1. The van der Waals surface area contributed by atoms with Crippen molar-refractivity contribution in [2.45, 2.75) is 78.6 Å². The Kier molecular flexibility index (Phi) is 9.26. The SMILES string of the molecule is CC(C)(C)c1cccc([N@+]23[CH-][N+]2(c2[c-]c(Oc4[c-]c5c(cc4)c4cc(-c6ccccc6)ccc4n5-c4cc(C(C)(C)C)ccn4)ccc2)c2ccc(C(C)(C)C)cc23)c1.[Pt]. The van der Waals surface area contributed by atoms with Crippen LogP contribution in [0.1, 0.15) is 79.0 Å². The number of rotatable bonds is 6. The number of quaternary nitrogens is 2. The van der Waals surface area contributed by atoms with Gasteiger partial charge in [0.2, 0.25) is 11.4 Å². The molecule has 2 aliphatic heterocycles. The first-order valence-electron chi connectivity index (χ1n) is 20.7. The number of nitrogens with zero attached hydrogens (tertiary/aromatic N) is 4. The van der Waals surface area contributed by atoms with Crippen LogP contribution in [-0.2, 0) is 37.3 Å². The summed E-state index contributed by atoms with van der Waals surface area (Å²) in [4.78, 5) is 4.92. The van der Waals surface area contributed by atoms with Gasteiger partial charge in [0.1, 0.15) is 5.82 Å². The summed E-state index contributed by atoms with van der Waals surface area (Å²) in [6.45, 7) is 22.9. The van der Waals surface area contributed by atoms with Crippen molar-refractivity contribution in [2.24, 2.45) is 0 Å². The minimum absolute atomic E-state index is 0. The zero-order valence-corrected chi connectivity index (χ0v) is 38.1. The zero-order chi connectivity index (χ0) is 41.1. The molecule has 6 heteroatoms. The molecule has 2 aliphatic rings. The van der Waals surface area contributed by atoms with Gasteiger partial charge >= 0.3 is 0 Å². The van der Waals surface area contributed by atoms with Crippen LogP contribution in [0.2, 0.25) is 0 Å². The Labute approximate surface area is 369 Å².